The molecule has 0 spiro atoms. The molecule has 0 aliphatic carbocycles. The molecule has 19 heavy (non-hydrogen) atoms. The van der Waals surface area contributed by atoms with Crippen molar-refractivity contribution in [1.29, 1.82) is 0 Å². The van der Waals surface area contributed by atoms with Crippen LogP contribution in [0.5, 0.6) is 0 Å². The molecule has 6 nitrogen and oxygen atoms in total. The van der Waals surface area contributed by atoms with Crippen LogP contribution in [0.4, 0.5) is 0 Å². The van der Waals surface area contributed by atoms with Crippen molar-refractivity contribution in [2.45, 2.75) is 51.3 Å². The van der Waals surface area contributed by atoms with E-state index in [-0.39, 0.29) is 11.9 Å². The lowest BCUT2D eigenvalue weighted by molar-refractivity contribution is -0.136. The Morgan fingerprint density at radius 3 is 3.16 bits per heavy atom. The number of piperidine rings is 1. The number of nitrogens with zero attached hydrogens (tertiary/aromatic N) is 4. The molecule has 0 bridgehead atoms. The Morgan fingerprint density at radius 2 is 2.21 bits per heavy atom. The number of ether oxygens (including phenoxy) is 1. The molecule has 1 aromatic heterocycles. The Labute approximate surface area is 112 Å². The van der Waals surface area contributed by atoms with Crippen molar-refractivity contribution in [1.82, 2.24) is 19.9 Å². The lowest BCUT2D eigenvalue weighted by Crippen LogP contribution is -2.46. The van der Waals surface area contributed by atoms with Gasteiger partial charge in [0, 0.05) is 19.5 Å². The van der Waals surface area contributed by atoms with Crippen molar-refractivity contribution in [2.24, 2.45) is 0 Å². The number of fused-ring (bicyclic) bond motifs is 2. The van der Waals surface area contributed by atoms with Crippen LogP contribution in [0.1, 0.15) is 37.8 Å². The second-order valence-electron chi connectivity index (χ2n) is 5.30. The first-order chi connectivity index (χ1) is 9.34. The Bertz CT molecular complexity index is 446. The molecule has 0 N–H and O–H groups in total. The summed E-state index contributed by atoms with van der Waals surface area (Å²) < 4.78 is 7.62. The predicted molar refractivity (Wildman–Crippen MR) is 68.3 cm³/mol. The molecule has 0 radical (unpaired) electrons. The van der Waals surface area contributed by atoms with Gasteiger partial charge < -0.3 is 9.64 Å². The van der Waals surface area contributed by atoms with Gasteiger partial charge in [-0.2, -0.15) is 0 Å². The number of carbonyl (C=O) groups excluding carboxylic acids is 1. The standard InChI is InChI=1S/C13H20N4O2/c18-13-5-3-7-17-12(8-14-15-17)10-19-9-11-4-1-2-6-16(11)13/h8,11H,1-7,9-10H2. The number of amides is 1. The summed E-state index contributed by atoms with van der Waals surface area (Å²) in [6, 6.07) is 0.253. The highest BCUT2D eigenvalue weighted by molar-refractivity contribution is 5.76. The molecule has 0 saturated carbocycles. The quantitative estimate of drug-likeness (QED) is 0.700. The Hall–Kier alpha value is -1.43. The average molecular weight is 264 g/mol. The van der Waals surface area contributed by atoms with E-state index in [9.17, 15) is 4.79 Å². The first-order valence-corrected chi connectivity index (χ1v) is 7.09. The van der Waals surface area contributed by atoms with E-state index < -0.39 is 0 Å². The molecule has 2 aliphatic heterocycles. The van der Waals surface area contributed by atoms with Crippen LogP contribution < -0.4 is 0 Å². The number of carbonyl (C=O) groups is 1. The zero-order valence-corrected chi connectivity index (χ0v) is 11.1. The number of hydrogen-bond donors (Lipinski definition) is 0. The Morgan fingerprint density at radius 1 is 1.26 bits per heavy atom. The fraction of sp³-hybridized carbons (Fsp3) is 0.769. The van der Waals surface area contributed by atoms with Crippen molar-refractivity contribution in [3.63, 3.8) is 0 Å². The van der Waals surface area contributed by atoms with E-state index >= 15 is 0 Å². The van der Waals surface area contributed by atoms with Gasteiger partial charge in [0.1, 0.15) is 0 Å². The Kier molecular flexibility index (Phi) is 3.77. The van der Waals surface area contributed by atoms with E-state index in [0.29, 0.717) is 19.6 Å². The molecule has 3 rings (SSSR count). The summed E-state index contributed by atoms with van der Waals surface area (Å²) in [6.07, 6.45) is 6.53. The van der Waals surface area contributed by atoms with E-state index in [1.807, 2.05) is 9.58 Å². The maximum absolute atomic E-state index is 12.3. The van der Waals surface area contributed by atoms with Gasteiger partial charge in [0.2, 0.25) is 5.91 Å². The summed E-state index contributed by atoms with van der Waals surface area (Å²) in [5.41, 5.74) is 0.997. The molecule has 104 valence electrons. The number of aromatic nitrogens is 3. The van der Waals surface area contributed by atoms with E-state index in [2.05, 4.69) is 10.3 Å². The highest BCUT2D eigenvalue weighted by Gasteiger charge is 2.27. The lowest BCUT2D eigenvalue weighted by atomic mass is 10.0. The van der Waals surface area contributed by atoms with Crippen LogP contribution in [0.15, 0.2) is 6.20 Å². The fourth-order valence-electron chi connectivity index (χ4n) is 2.90. The molecule has 6 heteroatoms. The summed E-state index contributed by atoms with van der Waals surface area (Å²) in [7, 11) is 0. The zero-order valence-electron chi connectivity index (χ0n) is 11.1. The summed E-state index contributed by atoms with van der Waals surface area (Å²) in [6.45, 7) is 2.78. The highest BCUT2D eigenvalue weighted by Crippen LogP contribution is 2.20. The van der Waals surface area contributed by atoms with Crippen molar-refractivity contribution in [3.8, 4) is 0 Å². The van der Waals surface area contributed by atoms with Crippen molar-refractivity contribution < 1.29 is 9.53 Å². The summed E-state index contributed by atoms with van der Waals surface area (Å²) in [4.78, 5) is 14.3. The maximum Gasteiger partial charge on any atom is 0.222 e. The summed E-state index contributed by atoms with van der Waals surface area (Å²) in [5.74, 6) is 0.261. The van der Waals surface area contributed by atoms with E-state index in [4.69, 9.17) is 4.74 Å². The maximum atomic E-state index is 12.3. The number of aryl methyl sites for hydroxylation is 1. The van der Waals surface area contributed by atoms with Gasteiger partial charge in [-0.15, -0.1) is 5.10 Å². The van der Waals surface area contributed by atoms with Gasteiger partial charge in [-0.05, 0) is 25.7 Å². The molecule has 1 amide bonds. The number of hydrogen-bond acceptors (Lipinski definition) is 4. The molecule has 1 unspecified atom stereocenters. The topological polar surface area (TPSA) is 60.3 Å². The molecular weight excluding hydrogens is 244 g/mol. The predicted octanol–water partition coefficient (Wildman–Crippen LogP) is 0.970. The average Bonchev–Trinajstić information content (AvgIpc) is 2.85. The fourth-order valence-corrected chi connectivity index (χ4v) is 2.90. The van der Waals surface area contributed by atoms with Crippen LogP contribution in [0.2, 0.25) is 0 Å². The zero-order chi connectivity index (χ0) is 13.1. The third-order valence-corrected chi connectivity index (χ3v) is 3.97. The largest absolute Gasteiger partial charge is 0.373 e. The van der Waals surface area contributed by atoms with Gasteiger partial charge in [0.25, 0.3) is 0 Å². The number of rotatable bonds is 0. The van der Waals surface area contributed by atoms with Crippen LogP contribution in [0, 0.1) is 0 Å². The third-order valence-electron chi connectivity index (χ3n) is 3.97. The minimum absolute atomic E-state index is 0.253. The van der Waals surface area contributed by atoms with Gasteiger partial charge in [-0.3, -0.25) is 4.79 Å². The van der Waals surface area contributed by atoms with E-state index in [0.717, 1.165) is 38.0 Å². The van der Waals surface area contributed by atoms with Crippen molar-refractivity contribution in [3.05, 3.63) is 11.9 Å². The second-order valence-corrected chi connectivity index (χ2v) is 5.30. The Balaban J connectivity index is 1.74. The molecule has 1 aromatic rings. The van der Waals surface area contributed by atoms with Crippen LogP contribution in [0.25, 0.3) is 0 Å². The van der Waals surface area contributed by atoms with Gasteiger partial charge in [0.05, 0.1) is 31.1 Å². The van der Waals surface area contributed by atoms with Crippen LogP contribution in [-0.4, -0.2) is 45.0 Å². The summed E-state index contributed by atoms with van der Waals surface area (Å²) in [5, 5.41) is 7.95. The molecule has 1 atom stereocenters. The normalized spacial score (nSPS) is 25.4. The van der Waals surface area contributed by atoms with Crippen LogP contribution in [-0.2, 0) is 22.7 Å². The first kappa shape index (κ1) is 12.6. The molecular formula is C13H20N4O2. The minimum Gasteiger partial charge on any atom is -0.373 e. The first-order valence-electron chi connectivity index (χ1n) is 7.09. The van der Waals surface area contributed by atoms with Crippen LogP contribution >= 0.6 is 0 Å². The van der Waals surface area contributed by atoms with Gasteiger partial charge >= 0.3 is 0 Å². The molecule has 2 aliphatic rings. The highest BCUT2D eigenvalue weighted by atomic mass is 16.5. The van der Waals surface area contributed by atoms with Gasteiger partial charge in [-0.1, -0.05) is 5.21 Å². The van der Waals surface area contributed by atoms with Gasteiger partial charge in [-0.25, -0.2) is 4.68 Å². The second kappa shape index (κ2) is 5.69. The molecule has 3 heterocycles. The third kappa shape index (κ3) is 2.78. The summed E-state index contributed by atoms with van der Waals surface area (Å²) >= 11 is 0. The van der Waals surface area contributed by atoms with E-state index in [1.165, 1.54) is 6.42 Å². The monoisotopic (exact) mass is 264 g/mol. The van der Waals surface area contributed by atoms with Gasteiger partial charge in [0.15, 0.2) is 0 Å². The smallest absolute Gasteiger partial charge is 0.222 e. The SMILES string of the molecule is O=C1CCCn2nncc2COCC2CCCCN12. The van der Waals surface area contributed by atoms with E-state index in [1.54, 1.807) is 6.20 Å². The molecule has 1 saturated heterocycles. The molecule has 0 aromatic carbocycles. The lowest BCUT2D eigenvalue weighted by Gasteiger charge is -2.35. The van der Waals surface area contributed by atoms with Crippen molar-refractivity contribution >= 4 is 5.91 Å². The minimum atomic E-state index is 0.253. The molecule has 1 fully saturated rings. The van der Waals surface area contributed by atoms with Crippen molar-refractivity contribution in [2.75, 3.05) is 13.2 Å². The van der Waals surface area contributed by atoms with Crippen LogP contribution in [0.3, 0.4) is 0 Å².